The molecule has 2 aromatic heterocycles. The van der Waals surface area contributed by atoms with Crippen LogP contribution in [0.4, 0.5) is 13.2 Å². The number of benzene rings is 2. The van der Waals surface area contributed by atoms with E-state index in [1.54, 1.807) is 12.1 Å². The van der Waals surface area contributed by atoms with Crippen molar-refractivity contribution in [3.8, 4) is 11.3 Å². The number of halogens is 3. The molecule has 0 bridgehead atoms. The van der Waals surface area contributed by atoms with Crippen LogP contribution in [0.15, 0.2) is 63.9 Å². The molecule has 0 spiro atoms. The first-order chi connectivity index (χ1) is 15.9. The first kappa shape index (κ1) is 21.5. The van der Waals surface area contributed by atoms with Crippen LogP contribution in [0.2, 0.25) is 0 Å². The lowest BCUT2D eigenvalue weighted by molar-refractivity contribution is -0.137. The maximum atomic E-state index is 13.3. The lowest BCUT2D eigenvalue weighted by atomic mass is 10.0. The van der Waals surface area contributed by atoms with Gasteiger partial charge >= 0.3 is 11.9 Å². The molecule has 0 saturated carbocycles. The molecular formula is C24H23F3N4O2. The summed E-state index contributed by atoms with van der Waals surface area (Å²) < 4.78 is 47.0. The van der Waals surface area contributed by atoms with Crippen LogP contribution in [-0.2, 0) is 12.6 Å². The van der Waals surface area contributed by atoms with E-state index in [1.807, 2.05) is 28.8 Å². The molecule has 1 N–H and O–H groups in total. The van der Waals surface area contributed by atoms with Crippen molar-refractivity contribution in [2.75, 3.05) is 19.6 Å². The molecule has 6 nitrogen and oxygen atoms in total. The van der Waals surface area contributed by atoms with E-state index in [0.717, 1.165) is 43.0 Å². The number of aromatic amines is 1. The van der Waals surface area contributed by atoms with Gasteiger partial charge in [0.05, 0.1) is 16.6 Å². The van der Waals surface area contributed by atoms with E-state index in [9.17, 15) is 18.0 Å². The number of rotatable bonds is 5. The molecule has 1 aliphatic heterocycles. The number of fused-ring (bicyclic) bond motifs is 1. The molecule has 1 fully saturated rings. The van der Waals surface area contributed by atoms with Gasteiger partial charge in [0, 0.05) is 43.7 Å². The number of hydrogen-bond acceptors (Lipinski definition) is 4. The number of piperidine rings is 1. The van der Waals surface area contributed by atoms with Crippen molar-refractivity contribution in [3.05, 3.63) is 76.4 Å². The van der Waals surface area contributed by atoms with Gasteiger partial charge in [-0.3, -0.25) is 4.57 Å². The van der Waals surface area contributed by atoms with E-state index in [2.05, 4.69) is 15.0 Å². The number of H-pyrrole nitrogens is 1. The summed E-state index contributed by atoms with van der Waals surface area (Å²) in [4.78, 5) is 17.6. The summed E-state index contributed by atoms with van der Waals surface area (Å²) in [6.45, 7) is 2.37. The molecule has 1 aliphatic rings. The van der Waals surface area contributed by atoms with E-state index in [0.29, 0.717) is 18.7 Å². The van der Waals surface area contributed by atoms with Crippen LogP contribution in [0.1, 0.15) is 30.2 Å². The van der Waals surface area contributed by atoms with E-state index < -0.39 is 11.7 Å². The molecule has 0 amide bonds. The molecule has 0 atom stereocenters. The van der Waals surface area contributed by atoms with Crippen LogP contribution in [0.3, 0.4) is 0 Å². The molecule has 9 heteroatoms. The second-order valence-electron chi connectivity index (χ2n) is 8.36. The summed E-state index contributed by atoms with van der Waals surface area (Å²) in [6.07, 6.45) is -2.20. The van der Waals surface area contributed by atoms with Crippen LogP contribution >= 0.6 is 0 Å². The summed E-state index contributed by atoms with van der Waals surface area (Å²) in [5.74, 6) is 0.553. The minimum Gasteiger partial charge on any atom is -0.361 e. The molecule has 5 rings (SSSR count). The quantitative estimate of drug-likeness (QED) is 0.465. The zero-order valence-electron chi connectivity index (χ0n) is 17.8. The van der Waals surface area contributed by atoms with E-state index in [-0.39, 0.29) is 23.0 Å². The Morgan fingerprint density at radius 1 is 1.06 bits per heavy atom. The van der Waals surface area contributed by atoms with Crippen LogP contribution in [0, 0.1) is 0 Å². The molecule has 0 unspecified atom stereocenters. The molecule has 4 aromatic rings. The smallest absolute Gasteiger partial charge is 0.361 e. The molecule has 172 valence electrons. The highest BCUT2D eigenvalue weighted by Gasteiger charge is 2.34. The van der Waals surface area contributed by atoms with Crippen molar-refractivity contribution in [1.29, 1.82) is 0 Å². The third-order valence-corrected chi connectivity index (χ3v) is 6.29. The van der Waals surface area contributed by atoms with E-state index >= 15 is 0 Å². The largest absolute Gasteiger partial charge is 0.417 e. The first-order valence-corrected chi connectivity index (χ1v) is 10.9. The predicted octanol–water partition coefficient (Wildman–Crippen LogP) is 4.88. The van der Waals surface area contributed by atoms with Crippen molar-refractivity contribution >= 4 is 11.0 Å². The fourth-order valence-electron chi connectivity index (χ4n) is 4.62. The minimum absolute atomic E-state index is 0.0185. The highest BCUT2D eigenvalue weighted by Crippen LogP contribution is 2.36. The van der Waals surface area contributed by atoms with E-state index in [1.165, 1.54) is 12.1 Å². The number of nitrogens with one attached hydrogen (secondary N) is 1. The molecule has 3 heterocycles. The number of para-hydroxylation sites is 2. The zero-order chi connectivity index (χ0) is 23.0. The lowest BCUT2D eigenvalue weighted by Crippen LogP contribution is -2.37. The van der Waals surface area contributed by atoms with Crippen molar-refractivity contribution in [2.24, 2.45) is 0 Å². The Kier molecular flexibility index (Phi) is 5.57. The van der Waals surface area contributed by atoms with Gasteiger partial charge in [-0.05, 0) is 31.0 Å². The Labute approximate surface area is 187 Å². The first-order valence-electron chi connectivity index (χ1n) is 10.9. The van der Waals surface area contributed by atoms with Crippen LogP contribution < -0.4 is 5.69 Å². The topological polar surface area (TPSA) is 67.1 Å². The average molecular weight is 456 g/mol. The number of imidazole rings is 1. The van der Waals surface area contributed by atoms with Gasteiger partial charge in [-0.2, -0.15) is 13.2 Å². The van der Waals surface area contributed by atoms with Gasteiger partial charge in [0.25, 0.3) is 0 Å². The molecular weight excluding hydrogens is 433 g/mol. The third-order valence-electron chi connectivity index (χ3n) is 6.29. The van der Waals surface area contributed by atoms with Gasteiger partial charge in [0.2, 0.25) is 0 Å². The maximum Gasteiger partial charge on any atom is 0.417 e. The minimum atomic E-state index is -4.45. The molecule has 0 aliphatic carbocycles. The number of hydrogen-bond donors (Lipinski definition) is 1. The van der Waals surface area contributed by atoms with Crippen LogP contribution in [0.5, 0.6) is 0 Å². The number of aromatic nitrogens is 3. The number of likely N-dealkylation sites (tertiary alicyclic amines) is 1. The summed E-state index contributed by atoms with van der Waals surface area (Å²) in [7, 11) is 0. The van der Waals surface area contributed by atoms with Crippen molar-refractivity contribution in [2.45, 2.75) is 31.5 Å². The molecule has 2 aromatic carbocycles. The highest BCUT2D eigenvalue weighted by molar-refractivity contribution is 5.75. The number of alkyl halides is 3. The Hall–Kier alpha value is -3.33. The lowest BCUT2D eigenvalue weighted by Gasteiger charge is -2.32. The normalized spacial score (nSPS) is 16.0. The molecule has 0 radical (unpaired) electrons. The zero-order valence-corrected chi connectivity index (χ0v) is 17.8. The average Bonchev–Trinajstić information content (AvgIpc) is 3.41. The van der Waals surface area contributed by atoms with Gasteiger partial charge in [-0.15, -0.1) is 0 Å². The second kappa shape index (κ2) is 8.55. The van der Waals surface area contributed by atoms with Gasteiger partial charge in [-0.25, -0.2) is 4.79 Å². The van der Waals surface area contributed by atoms with Gasteiger partial charge in [0.1, 0.15) is 11.5 Å². The van der Waals surface area contributed by atoms with Gasteiger partial charge < -0.3 is 14.4 Å². The fourth-order valence-corrected chi connectivity index (χ4v) is 4.62. The van der Waals surface area contributed by atoms with Crippen molar-refractivity contribution in [3.63, 3.8) is 0 Å². The van der Waals surface area contributed by atoms with E-state index in [4.69, 9.17) is 4.52 Å². The Morgan fingerprint density at radius 3 is 2.58 bits per heavy atom. The van der Waals surface area contributed by atoms with Gasteiger partial charge in [-0.1, -0.05) is 35.5 Å². The van der Waals surface area contributed by atoms with Crippen LogP contribution in [-0.4, -0.2) is 39.2 Å². The SMILES string of the molecule is O=c1[nH]c2ccccc2n1C1CCN(CCc2cc(-c3ccccc3C(F)(F)F)no2)CC1. The fraction of sp³-hybridized carbons (Fsp3) is 0.333. The summed E-state index contributed by atoms with van der Waals surface area (Å²) >= 11 is 0. The van der Waals surface area contributed by atoms with Crippen LogP contribution in [0.25, 0.3) is 22.3 Å². The van der Waals surface area contributed by atoms with Gasteiger partial charge in [0.15, 0.2) is 0 Å². The molecule has 33 heavy (non-hydrogen) atoms. The molecule has 1 saturated heterocycles. The predicted molar refractivity (Wildman–Crippen MR) is 118 cm³/mol. The maximum absolute atomic E-state index is 13.3. The van der Waals surface area contributed by atoms with Crippen molar-refractivity contribution < 1.29 is 17.7 Å². The third kappa shape index (κ3) is 4.32. The summed E-state index contributed by atoms with van der Waals surface area (Å²) in [5.41, 5.74) is 1.18. The van der Waals surface area contributed by atoms with Crippen molar-refractivity contribution in [1.82, 2.24) is 19.6 Å². The number of nitrogens with zero attached hydrogens (tertiary/aromatic N) is 3. The second-order valence-corrected chi connectivity index (χ2v) is 8.36. The monoisotopic (exact) mass is 456 g/mol. The Morgan fingerprint density at radius 2 is 1.79 bits per heavy atom. The Bertz CT molecular complexity index is 1310. The summed E-state index contributed by atoms with van der Waals surface area (Å²) in [6, 6.07) is 14.8. The standard InChI is InChI=1S/C24H23F3N4O2/c25-24(26,27)19-6-2-1-5-18(19)21-15-17(33-29-21)11-14-30-12-9-16(10-13-30)31-22-8-4-3-7-20(22)28-23(31)32/h1-8,15-16H,9-14H2,(H,28,32). The highest BCUT2D eigenvalue weighted by atomic mass is 19.4. The summed E-state index contributed by atoms with van der Waals surface area (Å²) in [5, 5.41) is 3.87. The Balaban J connectivity index is 1.21.